The normalized spacial score (nSPS) is 17.1. The van der Waals surface area contributed by atoms with Gasteiger partial charge in [-0.05, 0) is 30.5 Å². The third-order valence-electron chi connectivity index (χ3n) is 4.33. The van der Waals surface area contributed by atoms with Gasteiger partial charge in [-0.2, -0.15) is 5.10 Å². The van der Waals surface area contributed by atoms with E-state index < -0.39 is 0 Å². The smallest absolute Gasteiger partial charge is 0.319 e. The lowest BCUT2D eigenvalue weighted by Crippen LogP contribution is -2.41. The summed E-state index contributed by atoms with van der Waals surface area (Å²) < 4.78 is 0. The van der Waals surface area contributed by atoms with E-state index in [0.717, 1.165) is 30.6 Å². The molecule has 1 unspecified atom stereocenters. The third kappa shape index (κ3) is 4.50. The molecule has 2 heterocycles. The summed E-state index contributed by atoms with van der Waals surface area (Å²) in [5.74, 6) is -0.309. The Bertz CT molecular complexity index is 713. The van der Waals surface area contributed by atoms with Crippen molar-refractivity contribution in [2.75, 3.05) is 23.3 Å². The summed E-state index contributed by atoms with van der Waals surface area (Å²) in [5.41, 5.74) is 8.11. The van der Waals surface area contributed by atoms with E-state index in [0.29, 0.717) is 18.8 Å². The average Bonchev–Trinajstić information content (AvgIpc) is 3.13. The van der Waals surface area contributed by atoms with Crippen molar-refractivity contribution in [2.24, 2.45) is 11.7 Å². The van der Waals surface area contributed by atoms with Crippen molar-refractivity contribution in [3.8, 4) is 0 Å². The molecule has 1 aliphatic heterocycles. The van der Waals surface area contributed by atoms with Crippen molar-refractivity contribution in [3.63, 3.8) is 0 Å². The molecule has 3 amide bonds. The van der Waals surface area contributed by atoms with Gasteiger partial charge in [-0.3, -0.25) is 9.89 Å². The van der Waals surface area contributed by atoms with Gasteiger partial charge in [-0.25, -0.2) is 4.79 Å². The number of H-pyrrole nitrogens is 1. The van der Waals surface area contributed by atoms with Gasteiger partial charge < -0.3 is 21.3 Å². The molecule has 0 radical (unpaired) electrons. The molecule has 1 aromatic heterocycles. The van der Waals surface area contributed by atoms with E-state index in [9.17, 15) is 9.59 Å². The van der Waals surface area contributed by atoms with Crippen molar-refractivity contribution in [2.45, 2.75) is 19.4 Å². The van der Waals surface area contributed by atoms with E-state index in [1.54, 1.807) is 6.20 Å². The number of carbonyl (C=O) groups is 2. The molecular formula is C17H22N6O2. The predicted molar refractivity (Wildman–Crippen MR) is 95.0 cm³/mol. The third-order valence-corrected chi connectivity index (χ3v) is 4.33. The Balaban J connectivity index is 1.51. The van der Waals surface area contributed by atoms with Crippen LogP contribution in [-0.2, 0) is 11.3 Å². The average molecular weight is 342 g/mol. The van der Waals surface area contributed by atoms with Crippen LogP contribution in [0.3, 0.4) is 0 Å². The first-order valence-electron chi connectivity index (χ1n) is 8.28. The van der Waals surface area contributed by atoms with Gasteiger partial charge in [0.2, 0.25) is 5.91 Å². The van der Waals surface area contributed by atoms with Crippen LogP contribution in [0.5, 0.6) is 0 Å². The first kappa shape index (κ1) is 16.8. The number of aromatic amines is 1. The molecule has 0 bridgehead atoms. The summed E-state index contributed by atoms with van der Waals surface area (Å²) in [6.45, 7) is 2.02. The quantitative estimate of drug-likeness (QED) is 0.658. The maximum absolute atomic E-state index is 11.8. The van der Waals surface area contributed by atoms with Crippen LogP contribution >= 0.6 is 0 Å². The predicted octanol–water partition coefficient (Wildman–Crippen LogP) is 1.43. The molecule has 0 spiro atoms. The summed E-state index contributed by atoms with van der Waals surface area (Å²) >= 11 is 0. The number of nitrogens with one attached hydrogen (secondary N) is 3. The molecule has 5 N–H and O–H groups in total. The van der Waals surface area contributed by atoms with Gasteiger partial charge in [0.25, 0.3) is 0 Å². The number of nitrogens with zero attached hydrogens (tertiary/aromatic N) is 2. The van der Waals surface area contributed by atoms with Crippen molar-refractivity contribution < 1.29 is 9.59 Å². The van der Waals surface area contributed by atoms with Crippen LogP contribution in [0.25, 0.3) is 0 Å². The van der Waals surface area contributed by atoms with E-state index in [1.807, 2.05) is 24.3 Å². The topological polar surface area (TPSA) is 116 Å². The number of urea groups is 1. The fraction of sp³-hybridized carbons (Fsp3) is 0.353. The second kappa shape index (κ2) is 7.69. The Morgan fingerprint density at radius 2 is 2.12 bits per heavy atom. The highest BCUT2D eigenvalue weighted by atomic mass is 16.2. The molecule has 3 rings (SSSR count). The largest absolute Gasteiger partial charge is 0.371 e. The van der Waals surface area contributed by atoms with Gasteiger partial charge in [0.15, 0.2) is 0 Å². The van der Waals surface area contributed by atoms with Gasteiger partial charge in [0.1, 0.15) is 0 Å². The lowest BCUT2D eigenvalue weighted by atomic mass is 9.97. The number of carbonyl (C=O) groups excluding carboxylic acids is 2. The number of hydrogen-bond acceptors (Lipinski definition) is 4. The highest BCUT2D eigenvalue weighted by molar-refractivity contribution is 5.88. The van der Waals surface area contributed by atoms with Gasteiger partial charge in [-0.15, -0.1) is 0 Å². The lowest BCUT2D eigenvalue weighted by Gasteiger charge is -2.33. The number of benzene rings is 1. The van der Waals surface area contributed by atoms with E-state index in [4.69, 9.17) is 5.73 Å². The highest BCUT2D eigenvalue weighted by Crippen LogP contribution is 2.23. The summed E-state index contributed by atoms with van der Waals surface area (Å²) in [6.07, 6.45) is 4.96. The lowest BCUT2D eigenvalue weighted by molar-refractivity contribution is -0.122. The number of rotatable bonds is 5. The summed E-state index contributed by atoms with van der Waals surface area (Å²) in [6, 6.07) is 7.68. The van der Waals surface area contributed by atoms with Crippen LogP contribution in [0.4, 0.5) is 16.2 Å². The molecule has 8 nitrogen and oxygen atoms in total. The number of primary amides is 1. The van der Waals surface area contributed by atoms with E-state index in [1.165, 1.54) is 6.20 Å². The Morgan fingerprint density at radius 3 is 2.80 bits per heavy atom. The second-order valence-electron chi connectivity index (χ2n) is 6.15. The van der Waals surface area contributed by atoms with Crippen LogP contribution in [-0.4, -0.2) is 35.2 Å². The Hall–Kier alpha value is -3.03. The summed E-state index contributed by atoms with van der Waals surface area (Å²) in [5, 5.41) is 11.9. The molecule has 1 saturated heterocycles. The highest BCUT2D eigenvalue weighted by Gasteiger charge is 2.23. The SMILES string of the molecule is NC(=O)C1CCCN(c2ccc(CNC(=O)Nc3cn[nH]c3)cc2)C1. The maximum Gasteiger partial charge on any atom is 0.319 e. The first-order valence-corrected chi connectivity index (χ1v) is 8.28. The minimum Gasteiger partial charge on any atom is -0.371 e. The van der Waals surface area contributed by atoms with Crippen molar-refractivity contribution in [1.29, 1.82) is 0 Å². The monoisotopic (exact) mass is 342 g/mol. The molecular weight excluding hydrogens is 320 g/mol. The number of hydrogen-bond donors (Lipinski definition) is 4. The van der Waals surface area contributed by atoms with Gasteiger partial charge in [0, 0.05) is 31.5 Å². The molecule has 8 heteroatoms. The van der Waals surface area contributed by atoms with Crippen LogP contribution in [0.2, 0.25) is 0 Å². The number of amides is 3. The summed E-state index contributed by atoms with van der Waals surface area (Å²) in [7, 11) is 0. The Kier molecular flexibility index (Phi) is 5.17. The zero-order valence-electron chi connectivity index (χ0n) is 13.9. The fourth-order valence-corrected chi connectivity index (χ4v) is 2.95. The number of anilines is 2. The molecule has 1 atom stereocenters. The number of aromatic nitrogens is 2. The fourth-order valence-electron chi connectivity index (χ4n) is 2.95. The molecule has 0 saturated carbocycles. The molecule has 1 aromatic carbocycles. The van der Waals surface area contributed by atoms with Crippen LogP contribution in [0.1, 0.15) is 18.4 Å². The molecule has 1 aliphatic rings. The Morgan fingerprint density at radius 1 is 1.32 bits per heavy atom. The van der Waals surface area contributed by atoms with Crippen LogP contribution < -0.4 is 21.3 Å². The molecule has 0 aliphatic carbocycles. The minimum absolute atomic E-state index is 0.0817. The van der Waals surface area contributed by atoms with Crippen molar-refractivity contribution >= 4 is 23.3 Å². The molecule has 25 heavy (non-hydrogen) atoms. The van der Waals surface area contributed by atoms with Crippen LogP contribution in [0.15, 0.2) is 36.7 Å². The maximum atomic E-state index is 11.8. The van der Waals surface area contributed by atoms with E-state index >= 15 is 0 Å². The van der Waals surface area contributed by atoms with E-state index in [-0.39, 0.29) is 17.9 Å². The zero-order valence-corrected chi connectivity index (χ0v) is 13.9. The summed E-state index contributed by atoms with van der Waals surface area (Å²) in [4.78, 5) is 25.4. The van der Waals surface area contributed by atoms with Crippen molar-refractivity contribution in [1.82, 2.24) is 15.5 Å². The zero-order chi connectivity index (χ0) is 17.6. The second-order valence-corrected chi connectivity index (χ2v) is 6.15. The molecule has 132 valence electrons. The number of piperidine rings is 1. The minimum atomic E-state index is -0.286. The molecule has 1 fully saturated rings. The van der Waals surface area contributed by atoms with Crippen LogP contribution in [0, 0.1) is 5.92 Å². The van der Waals surface area contributed by atoms with Crippen molar-refractivity contribution in [3.05, 3.63) is 42.2 Å². The Labute approximate surface area is 145 Å². The van der Waals surface area contributed by atoms with Gasteiger partial charge >= 0.3 is 6.03 Å². The van der Waals surface area contributed by atoms with Gasteiger partial charge in [-0.1, -0.05) is 12.1 Å². The van der Waals surface area contributed by atoms with Gasteiger partial charge in [0.05, 0.1) is 17.8 Å². The van der Waals surface area contributed by atoms with E-state index in [2.05, 4.69) is 25.7 Å². The molecule has 2 aromatic rings. The number of nitrogens with two attached hydrogens (primary N) is 1. The first-order chi connectivity index (χ1) is 12.1. The standard InChI is InChI=1S/C17H22N6O2/c18-16(24)13-2-1-7-23(11-13)15-5-3-12(4-6-15)8-19-17(25)22-14-9-20-21-10-14/h3-6,9-10,13H,1-2,7-8,11H2,(H2,18,24)(H,20,21)(H2,19,22,25).